The molecule has 120 valence electrons. The largest absolute Gasteiger partial charge is 0.325 e. The first-order chi connectivity index (χ1) is 10.5. The lowest BCUT2D eigenvalue weighted by Crippen LogP contribution is -2.44. The van der Waals surface area contributed by atoms with Gasteiger partial charge in [-0.2, -0.15) is 0 Å². The molecular weight excluding hydrogens is 278 g/mol. The van der Waals surface area contributed by atoms with Gasteiger partial charge in [-0.1, -0.05) is 19.1 Å². The number of imide groups is 1. The molecule has 1 fully saturated rings. The number of anilines is 1. The number of benzene rings is 1. The van der Waals surface area contributed by atoms with Crippen LogP contribution in [-0.4, -0.2) is 36.5 Å². The number of hydrogen-bond acceptors (Lipinski definition) is 3. The summed E-state index contributed by atoms with van der Waals surface area (Å²) in [6, 6.07) is 5.23. The fourth-order valence-electron chi connectivity index (χ4n) is 2.84. The number of likely N-dealkylation sites (tertiary alicyclic amines) is 1. The summed E-state index contributed by atoms with van der Waals surface area (Å²) in [5.74, 6) is 0.363. The minimum Gasteiger partial charge on any atom is -0.307 e. The Morgan fingerprint density at radius 2 is 2.09 bits per heavy atom. The van der Waals surface area contributed by atoms with Gasteiger partial charge in [-0.3, -0.25) is 15.0 Å². The summed E-state index contributed by atoms with van der Waals surface area (Å²) in [4.78, 5) is 26.0. The number of carbonyl (C=O) groups is 2. The van der Waals surface area contributed by atoms with E-state index in [0.29, 0.717) is 5.92 Å². The molecule has 3 amide bonds. The molecule has 1 aliphatic rings. The average Bonchev–Trinajstić information content (AvgIpc) is 2.43. The fourth-order valence-corrected chi connectivity index (χ4v) is 2.84. The second-order valence-electron chi connectivity index (χ2n) is 6.23. The average molecular weight is 303 g/mol. The molecule has 1 aliphatic heterocycles. The lowest BCUT2D eigenvalue weighted by Gasteiger charge is -2.29. The number of aryl methyl sites for hydroxylation is 1. The zero-order valence-electron chi connectivity index (χ0n) is 13.6. The Hall–Kier alpha value is -1.88. The predicted octanol–water partition coefficient (Wildman–Crippen LogP) is 2.68. The third kappa shape index (κ3) is 4.56. The van der Waals surface area contributed by atoms with Gasteiger partial charge in [0.1, 0.15) is 0 Å². The molecule has 0 saturated carbocycles. The molecule has 0 radical (unpaired) electrons. The molecule has 5 heteroatoms. The number of nitrogens with one attached hydrogen (secondary N) is 2. The standard InChI is InChI=1S/C17H25N3O2/c1-12-6-5-9-20(10-12)11-16(21)19-17(22)18-15-8-4-7-13(2)14(15)3/h4,7-8,12H,5-6,9-11H2,1-3H3,(H2,18,19,21,22)/t12-/m1/s1. The van der Waals surface area contributed by atoms with E-state index >= 15 is 0 Å². The summed E-state index contributed by atoms with van der Waals surface area (Å²) in [6.07, 6.45) is 2.33. The number of rotatable bonds is 3. The van der Waals surface area contributed by atoms with Crippen LogP contribution >= 0.6 is 0 Å². The van der Waals surface area contributed by atoms with Crippen molar-refractivity contribution >= 4 is 17.6 Å². The monoisotopic (exact) mass is 303 g/mol. The van der Waals surface area contributed by atoms with Gasteiger partial charge in [0.25, 0.3) is 0 Å². The van der Waals surface area contributed by atoms with Gasteiger partial charge in [0.15, 0.2) is 0 Å². The Kier molecular flexibility index (Phi) is 5.55. The van der Waals surface area contributed by atoms with E-state index in [0.717, 1.165) is 36.3 Å². The van der Waals surface area contributed by atoms with Gasteiger partial charge in [-0.15, -0.1) is 0 Å². The summed E-state index contributed by atoms with van der Waals surface area (Å²) in [5, 5.41) is 5.15. The van der Waals surface area contributed by atoms with E-state index in [4.69, 9.17) is 0 Å². The molecule has 0 bridgehead atoms. The van der Waals surface area contributed by atoms with Crippen LogP contribution in [0.25, 0.3) is 0 Å². The number of piperidine rings is 1. The predicted molar refractivity (Wildman–Crippen MR) is 87.9 cm³/mol. The third-order valence-electron chi connectivity index (χ3n) is 4.21. The minimum atomic E-state index is -0.469. The summed E-state index contributed by atoms with van der Waals surface area (Å²) in [7, 11) is 0. The van der Waals surface area contributed by atoms with Crippen LogP contribution in [0.15, 0.2) is 18.2 Å². The third-order valence-corrected chi connectivity index (χ3v) is 4.21. The Bertz CT molecular complexity index is 557. The summed E-state index contributed by atoms with van der Waals surface area (Å²) in [6.45, 7) is 8.26. The quantitative estimate of drug-likeness (QED) is 0.902. The van der Waals surface area contributed by atoms with E-state index in [1.165, 1.54) is 6.42 Å². The molecular formula is C17H25N3O2. The second kappa shape index (κ2) is 7.40. The highest BCUT2D eigenvalue weighted by Gasteiger charge is 2.19. The van der Waals surface area contributed by atoms with Gasteiger partial charge in [0.2, 0.25) is 5.91 Å². The maximum atomic E-state index is 12.0. The van der Waals surface area contributed by atoms with Crippen LogP contribution in [0.3, 0.4) is 0 Å². The van der Waals surface area contributed by atoms with Gasteiger partial charge < -0.3 is 5.32 Å². The molecule has 2 rings (SSSR count). The molecule has 1 aromatic rings. The van der Waals surface area contributed by atoms with Crippen molar-refractivity contribution in [1.82, 2.24) is 10.2 Å². The first-order valence-corrected chi connectivity index (χ1v) is 7.85. The van der Waals surface area contributed by atoms with Crippen molar-refractivity contribution in [2.45, 2.75) is 33.6 Å². The molecule has 0 unspecified atom stereocenters. The van der Waals surface area contributed by atoms with Gasteiger partial charge in [-0.05, 0) is 56.3 Å². The molecule has 0 spiro atoms. The van der Waals surface area contributed by atoms with Crippen molar-refractivity contribution in [3.05, 3.63) is 29.3 Å². The smallest absolute Gasteiger partial charge is 0.307 e. The second-order valence-corrected chi connectivity index (χ2v) is 6.23. The molecule has 1 atom stereocenters. The Morgan fingerprint density at radius 3 is 2.82 bits per heavy atom. The zero-order chi connectivity index (χ0) is 16.1. The van der Waals surface area contributed by atoms with E-state index in [1.54, 1.807) is 0 Å². The molecule has 1 heterocycles. The molecule has 2 N–H and O–H groups in total. The van der Waals surface area contributed by atoms with Gasteiger partial charge in [0, 0.05) is 12.2 Å². The van der Waals surface area contributed by atoms with E-state index in [1.807, 2.05) is 32.0 Å². The van der Waals surface area contributed by atoms with Crippen molar-refractivity contribution in [2.75, 3.05) is 25.0 Å². The molecule has 1 aromatic carbocycles. The van der Waals surface area contributed by atoms with Crippen molar-refractivity contribution in [3.63, 3.8) is 0 Å². The molecule has 5 nitrogen and oxygen atoms in total. The summed E-state index contributed by atoms with van der Waals surface area (Å²) in [5.41, 5.74) is 2.85. The van der Waals surface area contributed by atoms with Crippen LogP contribution in [0.2, 0.25) is 0 Å². The van der Waals surface area contributed by atoms with Crippen LogP contribution in [0, 0.1) is 19.8 Å². The Morgan fingerprint density at radius 1 is 1.32 bits per heavy atom. The van der Waals surface area contributed by atoms with Crippen molar-refractivity contribution < 1.29 is 9.59 Å². The van der Waals surface area contributed by atoms with Crippen molar-refractivity contribution in [3.8, 4) is 0 Å². The van der Waals surface area contributed by atoms with E-state index < -0.39 is 6.03 Å². The van der Waals surface area contributed by atoms with Gasteiger partial charge >= 0.3 is 6.03 Å². The highest BCUT2D eigenvalue weighted by Crippen LogP contribution is 2.17. The van der Waals surface area contributed by atoms with E-state index in [9.17, 15) is 9.59 Å². The maximum absolute atomic E-state index is 12.0. The number of hydrogen-bond donors (Lipinski definition) is 2. The number of urea groups is 1. The lowest BCUT2D eigenvalue weighted by atomic mass is 10.0. The van der Waals surface area contributed by atoms with Crippen LogP contribution in [0.5, 0.6) is 0 Å². The van der Waals surface area contributed by atoms with Crippen LogP contribution < -0.4 is 10.6 Å². The molecule has 22 heavy (non-hydrogen) atoms. The van der Waals surface area contributed by atoms with E-state index in [-0.39, 0.29) is 12.5 Å². The minimum absolute atomic E-state index is 0.253. The highest BCUT2D eigenvalue weighted by molar-refractivity contribution is 6.02. The normalized spacial score (nSPS) is 18.8. The SMILES string of the molecule is Cc1cccc(NC(=O)NC(=O)CN2CCC[C@@H](C)C2)c1C. The first kappa shape index (κ1) is 16.5. The molecule has 0 aliphatic carbocycles. The molecule has 0 aromatic heterocycles. The maximum Gasteiger partial charge on any atom is 0.325 e. The lowest BCUT2D eigenvalue weighted by molar-refractivity contribution is -0.121. The summed E-state index contributed by atoms with van der Waals surface area (Å²) < 4.78 is 0. The topological polar surface area (TPSA) is 61.4 Å². The fraction of sp³-hybridized carbons (Fsp3) is 0.529. The van der Waals surface area contributed by atoms with Crippen molar-refractivity contribution in [2.24, 2.45) is 5.92 Å². The van der Waals surface area contributed by atoms with E-state index in [2.05, 4.69) is 22.5 Å². The molecule has 1 saturated heterocycles. The Balaban J connectivity index is 1.83. The highest BCUT2D eigenvalue weighted by atomic mass is 16.2. The Labute approximate surface area is 132 Å². The van der Waals surface area contributed by atoms with Crippen LogP contribution in [0.1, 0.15) is 30.9 Å². The number of amides is 3. The zero-order valence-corrected chi connectivity index (χ0v) is 13.6. The number of nitrogens with zero attached hydrogens (tertiary/aromatic N) is 1. The van der Waals surface area contributed by atoms with Crippen LogP contribution in [-0.2, 0) is 4.79 Å². The van der Waals surface area contributed by atoms with Crippen molar-refractivity contribution in [1.29, 1.82) is 0 Å². The first-order valence-electron chi connectivity index (χ1n) is 7.85. The van der Waals surface area contributed by atoms with Gasteiger partial charge in [0.05, 0.1) is 6.54 Å². The number of carbonyl (C=O) groups excluding carboxylic acids is 2. The van der Waals surface area contributed by atoms with Gasteiger partial charge in [-0.25, -0.2) is 4.79 Å². The summed E-state index contributed by atoms with van der Waals surface area (Å²) >= 11 is 0. The van der Waals surface area contributed by atoms with Crippen LogP contribution in [0.4, 0.5) is 10.5 Å².